The molecule has 0 amide bonds. The van der Waals surface area contributed by atoms with Crippen LogP contribution in [0.5, 0.6) is 5.75 Å². The van der Waals surface area contributed by atoms with Gasteiger partial charge in [-0.2, -0.15) is 11.8 Å². The van der Waals surface area contributed by atoms with E-state index < -0.39 is 0 Å². The van der Waals surface area contributed by atoms with Crippen molar-refractivity contribution in [1.82, 2.24) is 15.5 Å². The van der Waals surface area contributed by atoms with Crippen molar-refractivity contribution < 1.29 is 13.9 Å². The third-order valence-electron chi connectivity index (χ3n) is 5.62. The van der Waals surface area contributed by atoms with E-state index in [1.54, 1.807) is 19.2 Å². The van der Waals surface area contributed by atoms with Crippen LogP contribution in [0.25, 0.3) is 0 Å². The van der Waals surface area contributed by atoms with E-state index in [0.29, 0.717) is 12.3 Å². The summed E-state index contributed by atoms with van der Waals surface area (Å²) in [6, 6.07) is 6.28. The van der Waals surface area contributed by atoms with E-state index in [4.69, 9.17) is 9.47 Å². The molecule has 2 fully saturated rings. The van der Waals surface area contributed by atoms with Gasteiger partial charge in [0.1, 0.15) is 17.7 Å². The van der Waals surface area contributed by atoms with Crippen molar-refractivity contribution in [2.24, 2.45) is 4.99 Å². The molecule has 0 spiro atoms. The molecule has 1 aromatic rings. The van der Waals surface area contributed by atoms with E-state index in [2.05, 4.69) is 27.4 Å². The number of aliphatic imine (C=N–C) groups is 1. The van der Waals surface area contributed by atoms with Gasteiger partial charge in [-0.15, -0.1) is 0 Å². The molecular formula is C21H33FN4O2S. The van der Waals surface area contributed by atoms with Crippen LogP contribution in [0.15, 0.2) is 29.3 Å². The number of nitrogens with zero attached hydrogens (tertiary/aromatic N) is 2. The predicted molar refractivity (Wildman–Crippen MR) is 118 cm³/mol. The van der Waals surface area contributed by atoms with Crippen LogP contribution in [-0.2, 0) is 4.74 Å². The molecule has 2 N–H and O–H groups in total. The average molecular weight is 425 g/mol. The zero-order valence-electron chi connectivity index (χ0n) is 17.5. The molecule has 29 heavy (non-hydrogen) atoms. The van der Waals surface area contributed by atoms with Crippen LogP contribution >= 0.6 is 11.8 Å². The molecule has 2 unspecified atom stereocenters. The second-order valence-electron chi connectivity index (χ2n) is 7.54. The van der Waals surface area contributed by atoms with Crippen molar-refractivity contribution in [3.8, 4) is 5.75 Å². The SMILES string of the molecule is CCC(CNC(=NC)NCC1(N2CCOCC2)CCSC1)Oc1cccc(F)c1. The third kappa shape index (κ3) is 6.23. The molecule has 2 heterocycles. The lowest BCUT2D eigenvalue weighted by Gasteiger charge is -2.43. The molecular weight excluding hydrogens is 391 g/mol. The summed E-state index contributed by atoms with van der Waals surface area (Å²) in [6.45, 7) is 7.14. The van der Waals surface area contributed by atoms with Crippen molar-refractivity contribution in [1.29, 1.82) is 0 Å². The number of halogens is 1. The Morgan fingerprint density at radius 1 is 1.38 bits per heavy atom. The molecule has 2 aliphatic rings. The maximum absolute atomic E-state index is 13.4. The predicted octanol–water partition coefficient (Wildman–Crippen LogP) is 2.36. The Hall–Kier alpha value is -1.51. The van der Waals surface area contributed by atoms with Crippen LogP contribution in [0.2, 0.25) is 0 Å². The van der Waals surface area contributed by atoms with Crippen LogP contribution in [0.4, 0.5) is 4.39 Å². The van der Waals surface area contributed by atoms with Gasteiger partial charge in [0.15, 0.2) is 5.96 Å². The Kier molecular flexibility index (Phi) is 8.44. The summed E-state index contributed by atoms with van der Waals surface area (Å²) in [5.74, 6) is 3.37. The highest BCUT2D eigenvalue weighted by Crippen LogP contribution is 2.33. The monoisotopic (exact) mass is 424 g/mol. The van der Waals surface area contributed by atoms with Crippen molar-refractivity contribution in [2.45, 2.75) is 31.4 Å². The van der Waals surface area contributed by atoms with Crippen LogP contribution in [0.1, 0.15) is 19.8 Å². The number of thioether (sulfide) groups is 1. The molecule has 6 nitrogen and oxygen atoms in total. The highest BCUT2D eigenvalue weighted by Gasteiger charge is 2.40. The van der Waals surface area contributed by atoms with Gasteiger partial charge in [-0.25, -0.2) is 4.39 Å². The zero-order valence-corrected chi connectivity index (χ0v) is 18.3. The van der Waals surface area contributed by atoms with Gasteiger partial charge >= 0.3 is 0 Å². The number of benzene rings is 1. The second-order valence-corrected chi connectivity index (χ2v) is 8.64. The summed E-state index contributed by atoms with van der Waals surface area (Å²) < 4.78 is 24.9. The van der Waals surface area contributed by atoms with E-state index in [1.807, 2.05) is 11.8 Å². The molecule has 2 atom stereocenters. The van der Waals surface area contributed by atoms with E-state index >= 15 is 0 Å². The summed E-state index contributed by atoms with van der Waals surface area (Å²) in [7, 11) is 1.79. The second kappa shape index (κ2) is 11.0. The largest absolute Gasteiger partial charge is 0.489 e. The minimum Gasteiger partial charge on any atom is -0.489 e. The van der Waals surface area contributed by atoms with Gasteiger partial charge in [0.25, 0.3) is 0 Å². The lowest BCUT2D eigenvalue weighted by Crippen LogP contribution is -2.60. The molecule has 2 aliphatic heterocycles. The maximum Gasteiger partial charge on any atom is 0.191 e. The van der Waals surface area contributed by atoms with Crippen molar-refractivity contribution in [3.63, 3.8) is 0 Å². The number of ether oxygens (including phenoxy) is 2. The fourth-order valence-corrected chi connectivity index (χ4v) is 5.29. The smallest absolute Gasteiger partial charge is 0.191 e. The van der Waals surface area contributed by atoms with Crippen molar-refractivity contribution in [3.05, 3.63) is 30.1 Å². The normalized spacial score (nSPS) is 24.3. The van der Waals surface area contributed by atoms with E-state index in [-0.39, 0.29) is 17.5 Å². The van der Waals surface area contributed by atoms with Gasteiger partial charge in [-0.05, 0) is 30.7 Å². The highest BCUT2D eigenvalue weighted by molar-refractivity contribution is 7.99. The summed E-state index contributed by atoms with van der Waals surface area (Å²) in [4.78, 5) is 6.96. The minimum atomic E-state index is -0.286. The van der Waals surface area contributed by atoms with Crippen LogP contribution in [0.3, 0.4) is 0 Å². The molecule has 162 valence electrons. The molecule has 3 rings (SSSR count). The van der Waals surface area contributed by atoms with Gasteiger partial charge in [-0.1, -0.05) is 13.0 Å². The molecule has 0 bridgehead atoms. The number of rotatable bonds is 8. The van der Waals surface area contributed by atoms with Crippen molar-refractivity contribution >= 4 is 17.7 Å². The molecule has 0 saturated carbocycles. The molecule has 0 aliphatic carbocycles. The molecule has 1 aromatic carbocycles. The van der Waals surface area contributed by atoms with Gasteiger partial charge in [0.2, 0.25) is 0 Å². The Bertz CT molecular complexity index is 664. The van der Waals surface area contributed by atoms with Crippen molar-refractivity contribution in [2.75, 3.05) is 57.9 Å². The highest BCUT2D eigenvalue weighted by atomic mass is 32.2. The first-order valence-corrected chi connectivity index (χ1v) is 11.6. The van der Waals surface area contributed by atoms with Gasteiger partial charge < -0.3 is 20.1 Å². The lowest BCUT2D eigenvalue weighted by molar-refractivity contribution is -0.0120. The summed E-state index contributed by atoms with van der Waals surface area (Å²) >= 11 is 2.02. The number of hydrogen-bond acceptors (Lipinski definition) is 5. The van der Waals surface area contributed by atoms with Gasteiger partial charge in [0.05, 0.1) is 19.8 Å². The maximum atomic E-state index is 13.4. The minimum absolute atomic E-state index is 0.0643. The quantitative estimate of drug-likeness (QED) is 0.494. The Balaban J connectivity index is 1.51. The Morgan fingerprint density at radius 3 is 2.86 bits per heavy atom. The fourth-order valence-electron chi connectivity index (χ4n) is 3.82. The van der Waals surface area contributed by atoms with Crippen LogP contribution in [-0.4, -0.2) is 80.4 Å². The average Bonchev–Trinajstić information content (AvgIpc) is 3.24. The van der Waals surface area contributed by atoms with Gasteiger partial charge in [-0.3, -0.25) is 9.89 Å². The van der Waals surface area contributed by atoms with Crippen LogP contribution in [0, 0.1) is 5.82 Å². The summed E-state index contributed by atoms with van der Waals surface area (Å²) in [5.41, 5.74) is 0.161. The van der Waals surface area contributed by atoms with E-state index in [1.165, 1.54) is 24.3 Å². The Morgan fingerprint density at radius 2 is 2.21 bits per heavy atom. The standard InChI is InChI=1S/C21H33FN4O2S/c1-3-18(28-19-6-4-5-17(22)13-19)14-24-20(23-2)25-15-21(7-12-29-16-21)26-8-10-27-11-9-26/h4-6,13,18H,3,7-12,14-16H2,1-2H3,(H2,23,24,25). The molecule has 0 aromatic heterocycles. The van der Waals surface area contributed by atoms with Gasteiger partial charge in [0, 0.05) is 44.0 Å². The van der Waals surface area contributed by atoms with E-state index in [9.17, 15) is 4.39 Å². The summed E-state index contributed by atoms with van der Waals surface area (Å²) in [5, 5.41) is 6.90. The molecule has 8 heteroatoms. The lowest BCUT2D eigenvalue weighted by atomic mass is 9.95. The molecule has 0 radical (unpaired) electrons. The van der Waals surface area contributed by atoms with Crippen LogP contribution < -0.4 is 15.4 Å². The summed E-state index contributed by atoms with van der Waals surface area (Å²) in [6.07, 6.45) is 1.93. The number of hydrogen-bond donors (Lipinski definition) is 2. The number of morpholine rings is 1. The van der Waals surface area contributed by atoms with E-state index in [0.717, 1.165) is 51.0 Å². The first kappa shape index (κ1) is 22.2. The molecule has 2 saturated heterocycles. The number of guanidine groups is 1. The number of nitrogens with one attached hydrogen (secondary N) is 2. The third-order valence-corrected chi connectivity index (χ3v) is 6.86. The fraction of sp³-hybridized carbons (Fsp3) is 0.667. The zero-order chi connectivity index (χ0) is 20.5. The first-order valence-electron chi connectivity index (χ1n) is 10.4. The topological polar surface area (TPSA) is 58.1 Å². The Labute approximate surface area is 177 Å². The first-order chi connectivity index (χ1) is 14.1.